The summed E-state index contributed by atoms with van der Waals surface area (Å²) in [7, 11) is 0. The Balaban J connectivity index is 2.10. The number of rotatable bonds is 8. The number of aliphatic carboxylic acids is 1. The molecule has 0 spiro atoms. The number of aliphatic hydroxyl groups excluding tert-OH is 1. The van der Waals surface area contributed by atoms with E-state index < -0.39 is 12.1 Å². The van der Waals surface area contributed by atoms with Crippen molar-refractivity contribution in [3.05, 3.63) is 35.9 Å². The highest BCUT2D eigenvalue weighted by atomic mass is 16.5. The highest BCUT2D eigenvalue weighted by Crippen LogP contribution is 1.99. The monoisotopic (exact) mass is 267 g/mol. The molecular formula is C13H17NO5. The minimum absolute atomic E-state index is 0.0280. The minimum Gasteiger partial charge on any atom is -0.479 e. The van der Waals surface area contributed by atoms with E-state index in [-0.39, 0.29) is 25.5 Å². The Hall–Kier alpha value is -1.92. The molecule has 0 radical (unpaired) electrons. The van der Waals surface area contributed by atoms with Crippen LogP contribution in [0.5, 0.6) is 0 Å². The van der Waals surface area contributed by atoms with Gasteiger partial charge in [0.2, 0.25) is 5.91 Å². The lowest BCUT2D eigenvalue weighted by molar-refractivity contribution is -0.147. The van der Waals surface area contributed by atoms with Crippen LogP contribution in [0.4, 0.5) is 0 Å². The number of amides is 1. The maximum atomic E-state index is 11.3. The number of carbonyl (C=O) groups is 2. The van der Waals surface area contributed by atoms with Crippen molar-refractivity contribution in [3.8, 4) is 0 Å². The first-order chi connectivity index (χ1) is 9.09. The number of ether oxygens (including phenoxy) is 1. The second-order valence-corrected chi connectivity index (χ2v) is 3.97. The molecule has 6 heteroatoms. The van der Waals surface area contributed by atoms with E-state index in [0.29, 0.717) is 6.61 Å². The van der Waals surface area contributed by atoms with Crippen molar-refractivity contribution in [1.82, 2.24) is 5.32 Å². The third-order valence-corrected chi connectivity index (χ3v) is 2.37. The van der Waals surface area contributed by atoms with Crippen LogP contribution in [0.15, 0.2) is 30.3 Å². The van der Waals surface area contributed by atoms with E-state index >= 15 is 0 Å². The van der Waals surface area contributed by atoms with Gasteiger partial charge in [-0.1, -0.05) is 30.3 Å². The Morgan fingerprint density at radius 3 is 2.58 bits per heavy atom. The van der Waals surface area contributed by atoms with Crippen molar-refractivity contribution >= 4 is 11.9 Å². The highest BCUT2D eigenvalue weighted by molar-refractivity contribution is 5.77. The zero-order valence-electron chi connectivity index (χ0n) is 10.4. The quantitative estimate of drug-likeness (QED) is 0.623. The third kappa shape index (κ3) is 6.54. The molecule has 0 saturated carbocycles. The summed E-state index contributed by atoms with van der Waals surface area (Å²) in [6, 6.07) is 9.43. The van der Waals surface area contributed by atoms with Gasteiger partial charge in [0, 0.05) is 13.0 Å². The molecule has 0 saturated heterocycles. The summed E-state index contributed by atoms with van der Waals surface area (Å²) in [6.07, 6.45) is -1.48. The van der Waals surface area contributed by atoms with Crippen molar-refractivity contribution in [3.63, 3.8) is 0 Å². The first kappa shape index (κ1) is 15.1. The van der Waals surface area contributed by atoms with Gasteiger partial charge < -0.3 is 20.3 Å². The van der Waals surface area contributed by atoms with E-state index in [1.807, 2.05) is 30.3 Å². The number of carbonyl (C=O) groups excluding carboxylic acids is 1. The standard InChI is InChI=1S/C13H17NO5/c15-11(13(17)18)6-7-14-12(16)9-19-8-10-4-2-1-3-5-10/h1-5,11,15H,6-9H2,(H,14,16)(H,17,18). The third-order valence-electron chi connectivity index (χ3n) is 2.37. The molecular weight excluding hydrogens is 250 g/mol. The number of carboxylic acid groups (broad SMARTS) is 1. The van der Waals surface area contributed by atoms with Crippen LogP contribution >= 0.6 is 0 Å². The molecule has 1 unspecified atom stereocenters. The zero-order chi connectivity index (χ0) is 14.1. The predicted molar refractivity (Wildman–Crippen MR) is 67.4 cm³/mol. The number of aliphatic hydroxyl groups is 1. The summed E-state index contributed by atoms with van der Waals surface area (Å²) in [5.41, 5.74) is 0.969. The fourth-order valence-electron chi connectivity index (χ4n) is 1.36. The molecule has 1 rings (SSSR count). The molecule has 0 aliphatic carbocycles. The van der Waals surface area contributed by atoms with Gasteiger partial charge in [0.15, 0.2) is 6.10 Å². The Morgan fingerprint density at radius 1 is 1.26 bits per heavy atom. The Kier molecular flexibility index (Phi) is 6.56. The summed E-state index contributed by atoms with van der Waals surface area (Å²) in [4.78, 5) is 21.6. The Bertz CT molecular complexity index is 407. The number of hydrogen-bond donors (Lipinski definition) is 3. The van der Waals surface area contributed by atoms with Crippen LogP contribution in [0.1, 0.15) is 12.0 Å². The van der Waals surface area contributed by atoms with E-state index in [1.165, 1.54) is 0 Å². The fourth-order valence-corrected chi connectivity index (χ4v) is 1.36. The first-order valence-electron chi connectivity index (χ1n) is 5.89. The molecule has 6 nitrogen and oxygen atoms in total. The van der Waals surface area contributed by atoms with Crippen LogP contribution in [0.3, 0.4) is 0 Å². The topological polar surface area (TPSA) is 95.9 Å². The second-order valence-electron chi connectivity index (χ2n) is 3.97. The van der Waals surface area contributed by atoms with Crippen LogP contribution in [0.2, 0.25) is 0 Å². The summed E-state index contributed by atoms with van der Waals surface area (Å²) >= 11 is 0. The van der Waals surface area contributed by atoms with Crippen LogP contribution in [0, 0.1) is 0 Å². The average molecular weight is 267 g/mol. The largest absolute Gasteiger partial charge is 0.479 e. The molecule has 104 valence electrons. The lowest BCUT2D eigenvalue weighted by Gasteiger charge is -2.08. The van der Waals surface area contributed by atoms with Gasteiger partial charge in [0.1, 0.15) is 6.61 Å². The van der Waals surface area contributed by atoms with Crippen molar-refractivity contribution in [1.29, 1.82) is 0 Å². The van der Waals surface area contributed by atoms with Gasteiger partial charge in [-0.15, -0.1) is 0 Å². The Labute approximate surface area is 111 Å². The van der Waals surface area contributed by atoms with Gasteiger partial charge in [0.05, 0.1) is 6.61 Å². The maximum absolute atomic E-state index is 11.3. The molecule has 1 aromatic carbocycles. The summed E-state index contributed by atoms with van der Waals surface area (Å²) in [5.74, 6) is -1.64. The number of benzene rings is 1. The lowest BCUT2D eigenvalue weighted by atomic mass is 10.2. The van der Waals surface area contributed by atoms with Crippen LogP contribution in [-0.2, 0) is 20.9 Å². The summed E-state index contributed by atoms with van der Waals surface area (Å²) < 4.78 is 5.20. The lowest BCUT2D eigenvalue weighted by Crippen LogP contribution is -2.32. The van der Waals surface area contributed by atoms with Gasteiger partial charge in [-0.05, 0) is 5.56 Å². The molecule has 3 N–H and O–H groups in total. The molecule has 0 fully saturated rings. The zero-order valence-corrected chi connectivity index (χ0v) is 10.4. The van der Waals surface area contributed by atoms with Gasteiger partial charge >= 0.3 is 5.97 Å². The van der Waals surface area contributed by atoms with Gasteiger partial charge in [0.25, 0.3) is 0 Å². The predicted octanol–water partition coefficient (Wildman–Crippen LogP) is 0.155. The van der Waals surface area contributed by atoms with Gasteiger partial charge in [-0.3, -0.25) is 4.79 Å². The highest BCUT2D eigenvalue weighted by Gasteiger charge is 2.12. The van der Waals surface area contributed by atoms with Gasteiger partial charge in [-0.25, -0.2) is 4.79 Å². The number of carboxylic acids is 1. The average Bonchev–Trinajstić information content (AvgIpc) is 2.39. The van der Waals surface area contributed by atoms with Crippen molar-refractivity contribution in [2.45, 2.75) is 19.1 Å². The van der Waals surface area contributed by atoms with E-state index in [2.05, 4.69) is 5.32 Å². The van der Waals surface area contributed by atoms with Crippen LogP contribution in [0.25, 0.3) is 0 Å². The van der Waals surface area contributed by atoms with E-state index in [1.54, 1.807) is 0 Å². The normalized spacial score (nSPS) is 11.8. The van der Waals surface area contributed by atoms with E-state index in [9.17, 15) is 9.59 Å². The summed E-state index contributed by atoms with van der Waals surface area (Å²) in [6.45, 7) is 0.338. The molecule has 0 aromatic heterocycles. The molecule has 1 atom stereocenters. The van der Waals surface area contributed by atoms with Crippen molar-refractivity contribution < 1.29 is 24.5 Å². The van der Waals surface area contributed by atoms with Gasteiger partial charge in [-0.2, -0.15) is 0 Å². The maximum Gasteiger partial charge on any atom is 0.332 e. The molecule has 0 aliphatic rings. The molecule has 1 aromatic rings. The molecule has 0 bridgehead atoms. The number of hydrogen-bond acceptors (Lipinski definition) is 4. The van der Waals surface area contributed by atoms with Crippen LogP contribution < -0.4 is 5.32 Å². The van der Waals surface area contributed by atoms with E-state index in [4.69, 9.17) is 14.9 Å². The first-order valence-corrected chi connectivity index (χ1v) is 5.89. The molecule has 19 heavy (non-hydrogen) atoms. The van der Waals surface area contributed by atoms with Crippen molar-refractivity contribution in [2.75, 3.05) is 13.2 Å². The number of nitrogens with one attached hydrogen (secondary N) is 1. The molecule has 1 amide bonds. The van der Waals surface area contributed by atoms with E-state index in [0.717, 1.165) is 5.56 Å². The smallest absolute Gasteiger partial charge is 0.332 e. The summed E-state index contributed by atoms with van der Waals surface area (Å²) in [5, 5.41) is 19.9. The SMILES string of the molecule is O=C(COCc1ccccc1)NCCC(O)C(=O)O. The van der Waals surface area contributed by atoms with Crippen molar-refractivity contribution in [2.24, 2.45) is 0 Å². The van der Waals surface area contributed by atoms with Crippen LogP contribution in [-0.4, -0.2) is 41.3 Å². The minimum atomic E-state index is -1.45. The molecule has 0 heterocycles. The Morgan fingerprint density at radius 2 is 1.95 bits per heavy atom. The second kappa shape index (κ2) is 8.23. The molecule has 0 aliphatic heterocycles. The fraction of sp³-hybridized carbons (Fsp3) is 0.385.